The van der Waals surface area contributed by atoms with Crippen LogP contribution >= 0.6 is 0 Å². The van der Waals surface area contributed by atoms with Crippen LogP contribution in [0.1, 0.15) is 20.3 Å². The van der Waals surface area contributed by atoms with Crippen LogP contribution in [-0.4, -0.2) is 63.2 Å². The molecule has 8 heteroatoms. The van der Waals surface area contributed by atoms with E-state index in [1.165, 1.54) is 14.2 Å². The minimum absolute atomic E-state index is 0.0186. The molecule has 2 heterocycles. The van der Waals surface area contributed by atoms with E-state index in [0.29, 0.717) is 6.42 Å². The summed E-state index contributed by atoms with van der Waals surface area (Å²) in [4.78, 5) is 24.8. The number of ether oxygens (including phenoxy) is 6. The molecule has 0 unspecified atom stereocenters. The molecule has 1 fully saturated rings. The van der Waals surface area contributed by atoms with E-state index in [1.54, 1.807) is 26.0 Å². The van der Waals surface area contributed by atoms with Crippen molar-refractivity contribution >= 4 is 11.9 Å². The van der Waals surface area contributed by atoms with Crippen molar-refractivity contribution in [2.24, 2.45) is 0 Å². The standard InChI is InChI=1S/C17H24O8/c1-11-7-6-9-22-14(18)12-13(15(19)23-10-8-11)25-17(3,21-5)16(2,20-4)24-12/h6-7,12-13H,1,8-10H2,2-5H3/b7-6-/t12-,13-,16-,17-/m1/s1. The summed E-state index contributed by atoms with van der Waals surface area (Å²) in [5, 5.41) is 0. The molecule has 0 saturated carbocycles. The van der Waals surface area contributed by atoms with E-state index < -0.39 is 35.7 Å². The van der Waals surface area contributed by atoms with Crippen LogP contribution in [0.5, 0.6) is 0 Å². The zero-order valence-corrected chi connectivity index (χ0v) is 14.9. The van der Waals surface area contributed by atoms with Gasteiger partial charge in [-0.1, -0.05) is 18.2 Å². The highest BCUT2D eigenvalue weighted by Gasteiger charge is 2.60. The third-order valence-electron chi connectivity index (χ3n) is 4.39. The lowest BCUT2D eigenvalue weighted by atomic mass is 10.0. The van der Waals surface area contributed by atoms with Crippen LogP contribution in [0.4, 0.5) is 0 Å². The molecular formula is C17H24O8. The Balaban J connectivity index is 2.33. The summed E-state index contributed by atoms with van der Waals surface area (Å²) in [5.74, 6) is -4.40. The molecule has 0 spiro atoms. The summed E-state index contributed by atoms with van der Waals surface area (Å²) in [5.41, 5.74) is 0.746. The highest BCUT2D eigenvalue weighted by molar-refractivity contribution is 5.86. The quantitative estimate of drug-likeness (QED) is 0.680. The molecule has 140 valence electrons. The van der Waals surface area contributed by atoms with E-state index in [-0.39, 0.29) is 13.2 Å². The van der Waals surface area contributed by atoms with Crippen LogP contribution < -0.4 is 0 Å². The Bertz CT molecular complexity index is 571. The van der Waals surface area contributed by atoms with Gasteiger partial charge in [-0.2, -0.15) is 0 Å². The maximum Gasteiger partial charge on any atom is 0.339 e. The minimum Gasteiger partial charge on any atom is -0.463 e. The van der Waals surface area contributed by atoms with Gasteiger partial charge in [0, 0.05) is 20.6 Å². The van der Waals surface area contributed by atoms with Crippen molar-refractivity contribution in [3.63, 3.8) is 0 Å². The summed E-state index contributed by atoms with van der Waals surface area (Å²) in [6.45, 7) is 7.04. The molecule has 2 aliphatic rings. The van der Waals surface area contributed by atoms with E-state index in [2.05, 4.69) is 6.58 Å². The lowest BCUT2D eigenvalue weighted by molar-refractivity contribution is -0.439. The van der Waals surface area contributed by atoms with Crippen molar-refractivity contribution in [3.8, 4) is 0 Å². The van der Waals surface area contributed by atoms with Gasteiger partial charge >= 0.3 is 11.9 Å². The lowest BCUT2D eigenvalue weighted by Gasteiger charge is -2.50. The molecule has 2 aliphatic heterocycles. The fraction of sp³-hybridized carbons (Fsp3) is 0.647. The van der Waals surface area contributed by atoms with Crippen LogP contribution in [0, 0.1) is 0 Å². The number of hydrogen-bond donors (Lipinski definition) is 0. The number of rotatable bonds is 2. The predicted octanol–water partition coefficient (Wildman–Crippen LogP) is 1.10. The molecule has 0 aromatic carbocycles. The zero-order chi connectivity index (χ0) is 18.7. The second-order valence-electron chi connectivity index (χ2n) is 5.98. The molecule has 0 aliphatic carbocycles. The Labute approximate surface area is 146 Å². The number of methoxy groups -OCH3 is 2. The highest BCUT2D eigenvalue weighted by Crippen LogP contribution is 2.39. The van der Waals surface area contributed by atoms with Crippen LogP contribution in [-0.2, 0) is 38.0 Å². The number of cyclic esters (lactones) is 2. The van der Waals surface area contributed by atoms with E-state index >= 15 is 0 Å². The molecule has 0 radical (unpaired) electrons. The van der Waals surface area contributed by atoms with Gasteiger partial charge in [-0.15, -0.1) is 0 Å². The average Bonchev–Trinajstić information content (AvgIpc) is 2.59. The number of hydrogen-bond acceptors (Lipinski definition) is 8. The van der Waals surface area contributed by atoms with E-state index in [4.69, 9.17) is 28.4 Å². The van der Waals surface area contributed by atoms with Gasteiger partial charge in [0.05, 0.1) is 6.61 Å². The van der Waals surface area contributed by atoms with Gasteiger partial charge in [0.15, 0.2) is 12.2 Å². The Kier molecular flexibility index (Phi) is 5.99. The molecule has 0 amide bonds. The van der Waals surface area contributed by atoms with Gasteiger partial charge < -0.3 is 28.4 Å². The SMILES string of the molecule is C=C1/C=C\COC(=O)[C@@H]2O[C@@](C)(OC)[C@](C)(OC)O[C@H]2C(=O)OCC1. The van der Waals surface area contributed by atoms with Crippen molar-refractivity contribution in [2.75, 3.05) is 27.4 Å². The molecule has 25 heavy (non-hydrogen) atoms. The predicted molar refractivity (Wildman–Crippen MR) is 85.4 cm³/mol. The highest BCUT2D eigenvalue weighted by atomic mass is 16.8. The van der Waals surface area contributed by atoms with Gasteiger partial charge in [0.1, 0.15) is 6.61 Å². The summed E-state index contributed by atoms with van der Waals surface area (Å²) < 4.78 is 32.6. The molecule has 8 nitrogen and oxygen atoms in total. The first-order valence-corrected chi connectivity index (χ1v) is 7.90. The van der Waals surface area contributed by atoms with E-state index in [1.807, 2.05) is 0 Å². The van der Waals surface area contributed by atoms with Crippen molar-refractivity contribution in [1.29, 1.82) is 0 Å². The van der Waals surface area contributed by atoms with Crippen LogP contribution in [0.2, 0.25) is 0 Å². The second kappa shape index (κ2) is 7.65. The van der Waals surface area contributed by atoms with Gasteiger partial charge in [0.2, 0.25) is 11.6 Å². The molecule has 0 aromatic rings. The largest absolute Gasteiger partial charge is 0.463 e. The Morgan fingerprint density at radius 2 is 1.56 bits per heavy atom. The molecule has 4 atom stereocenters. The fourth-order valence-corrected chi connectivity index (χ4v) is 2.51. The molecule has 0 aromatic heterocycles. The average molecular weight is 356 g/mol. The Hall–Kier alpha value is -1.74. The third kappa shape index (κ3) is 3.92. The fourth-order valence-electron chi connectivity index (χ4n) is 2.51. The topological polar surface area (TPSA) is 89.5 Å². The number of esters is 2. The van der Waals surface area contributed by atoms with E-state index in [0.717, 1.165) is 5.57 Å². The van der Waals surface area contributed by atoms with Crippen molar-refractivity contribution < 1.29 is 38.0 Å². The summed E-state index contributed by atoms with van der Waals surface area (Å²) >= 11 is 0. The Morgan fingerprint density at radius 1 is 1.04 bits per heavy atom. The minimum atomic E-state index is -1.44. The van der Waals surface area contributed by atoms with Crippen LogP contribution in [0.15, 0.2) is 24.3 Å². The smallest absolute Gasteiger partial charge is 0.339 e. The molecule has 0 N–H and O–H groups in total. The van der Waals surface area contributed by atoms with Crippen molar-refractivity contribution in [2.45, 2.75) is 44.1 Å². The lowest BCUT2D eigenvalue weighted by Crippen LogP contribution is -2.68. The molecular weight excluding hydrogens is 332 g/mol. The first kappa shape index (κ1) is 19.6. The third-order valence-corrected chi connectivity index (χ3v) is 4.39. The first-order valence-electron chi connectivity index (χ1n) is 7.90. The zero-order valence-electron chi connectivity index (χ0n) is 14.9. The van der Waals surface area contributed by atoms with Gasteiger partial charge in [-0.25, -0.2) is 9.59 Å². The van der Waals surface area contributed by atoms with Gasteiger partial charge in [-0.05, 0) is 19.9 Å². The second-order valence-corrected chi connectivity index (χ2v) is 5.98. The van der Waals surface area contributed by atoms with Gasteiger partial charge in [0.25, 0.3) is 0 Å². The maximum atomic E-state index is 12.4. The molecule has 0 bridgehead atoms. The first-order chi connectivity index (χ1) is 11.8. The normalized spacial score (nSPS) is 38.6. The molecule has 2 rings (SSSR count). The van der Waals surface area contributed by atoms with Crippen LogP contribution in [0.3, 0.4) is 0 Å². The monoisotopic (exact) mass is 356 g/mol. The van der Waals surface area contributed by atoms with Crippen LogP contribution in [0.25, 0.3) is 0 Å². The number of allylic oxidation sites excluding steroid dienone is 1. The summed E-state index contributed by atoms with van der Waals surface area (Å²) in [6.07, 6.45) is 1.11. The number of fused-ring (bicyclic) bond motifs is 1. The number of carbonyl (C=O) groups excluding carboxylic acids is 2. The van der Waals surface area contributed by atoms with Crippen molar-refractivity contribution in [3.05, 3.63) is 24.3 Å². The summed E-state index contributed by atoms with van der Waals surface area (Å²) in [6, 6.07) is 0. The van der Waals surface area contributed by atoms with Gasteiger partial charge in [-0.3, -0.25) is 0 Å². The Morgan fingerprint density at radius 3 is 2.08 bits per heavy atom. The molecule has 1 saturated heterocycles. The van der Waals surface area contributed by atoms with E-state index in [9.17, 15) is 9.59 Å². The number of carbonyl (C=O) groups is 2. The maximum absolute atomic E-state index is 12.4. The van der Waals surface area contributed by atoms with Crippen molar-refractivity contribution in [1.82, 2.24) is 0 Å². The summed E-state index contributed by atoms with van der Waals surface area (Å²) in [7, 11) is 2.77.